The van der Waals surface area contributed by atoms with Crippen LogP contribution < -0.4 is 5.32 Å². The number of hydrogen-bond acceptors (Lipinski definition) is 3. The van der Waals surface area contributed by atoms with E-state index in [2.05, 4.69) is 5.32 Å². The van der Waals surface area contributed by atoms with E-state index >= 15 is 0 Å². The van der Waals surface area contributed by atoms with Gasteiger partial charge in [0.25, 0.3) is 0 Å². The highest BCUT2D eigenvalue weighted by atomic mass is 16.4. The molecule has 0 saturated heterocycles. The van der Waals surface area contributed by atoms with Gasteiger partial charge in [0.05, 0.1) is 18.6 Å². The maximum atomic E-state index is 12.2. The van der Waals surface area contributed by atoms with Gasteiger partial charge in [0, 0.05) is 5.92 Å². The van der Waals surface area contributed by atoms with Crippen molar-refractivity contribution in [2.75, 3.05) is 6.61 Å². The topological polar surface area (TPSA) is 86.6 Å². The van der Waals surface area contributed by atoms with E-state index in [9.17, 15) is 14.7 Å². The fourth-order valence-electron chi connectivity index (χ4n) is 2.20. The minimum atomic E-state index is -1.22. The highest BCUT2D eigenvalue weighted by molar-refractivity contribution is 5.84. The lowest BCUT2D eigenvalue weighted by atomic mass is 9.85. The molecule has 5 heteroatoms. The number of ketones is 1. The van der Waals surface area contributed by atoms with Crippen LogP contribution in [-0.2, 0) is 4.79 Å². The summed E-state index contributed by atoms with van der Waals surface area (Å²) in [4.78, 5) is 23.1. The van der Waals surface area contributed by atoms with Gasteiger partial charge in [0.15, 0.2) is 0 Å². The number of aliphatic hydroxyl groups is 1. The van der Waals surface area contributed by atoms with Crippen LogP contribution >= 0.6 is 0 Å². The van der Waals surface area contributed by atoms with E-state index in [1.54, 1.807) is 26.0 Å². The molecule has 0 bridgehead atoms. The van der Waals surface area contributed by atoms with Crippen molar-refractivity contribution in [3.63, 3.8) is 0 Å². The molecule has 0 heterocycles. The average Bonchev–Trinajstić information content (AvgIpc) is 2.37. The normalized spacial score (nSPS) is 13.8. The van der Waals surface area contributed by atoms with Crippen molar-refractivity contribution in [2.24, 2.45) is 11.8 Å². The van der Waals surface area contributed by atoms with Crippen LogP contribution in [0.5, 0.6) is 0 Å². The molecule has 20 heavy (non-hydrogen) atoms. The Kier molecular flexibility index (Phi) is 5.70. The first-order chi connectivity index (χ1) is 9.36. The maximum absolute atomic E-state index is 12.2. The summed E-state index contributed by atoms with van der Waals surface area (Å²) >= 11 is 0. The molecule has 110 valence electrons. The molecule has 0 aromatic heterocycles. The van der Waals surface area contributed by atoms with Crippen molar-refractivity contribution in [1.82, 2.24) is 5.32 Å². The summed E-state index contributed by atoms with van der Waals surface area (Å²) in [6, 6.07) is 6.52. The smallest absolute Gasteiger partial charge is 0.405 e. The molecule has 5 nitrogen and oxygen atoms in total. The fraction of sp³-hybridized carbons (Fsp3) is 0.467. The number of Topliss-reactive ketones (excluding diaryl/α,β-unsaturated/α-hetero) is 1. The molecule has 1 aromatic carbocycles. The van der Waals surface area contributed by atoms with Crippen molar-refractivity contribution in [3.05, 3.63) is 35.4 Å². The number of benzene rings is 1. The van der Waals surface area contributed by atoms with E-state index in [1.165, 1.54) is 0 Å². The van der Waals surface area contributed by atoms with Gasteiger partial charge in [-0.3, -0.25) is 4.79 Å². The Balaban J connectivity index is 3.16. The number of aliphatic hydroxyl groups excluding tert-OH is 1. The number of rotatable bonds is 6. The molecule has 0 fully saturated rings. The largest absolute Gasteiger partial charge is 0.465 e. The third-order valence-corrected chi connectivity index (χ3v) is 3.21. The Bertz CT molecular complexity index is 485. The zero-order chi connectivity index (χ0) is 15.3. The Morgan fingerprint density at radius 1 is 1.30 bits per heavy atom. The molecule has 0 aliphatic carbocycles. The van der Waals surface area contributed by atoms with Gasteiger partial charge in [-0.15, -0.1) is 0 Å². The first kappa shape index (κ1) is 16.2. The zero-order valence-electron chi connectivity index (χ0n) is 12.0. The Hall–Kier alpha value is -1.88. The number of carbonyl (C=O) groups excluding carboxylic acids is 1. The van der Waals surface area contributed by atoms with Crippen LogP contribution in [0.25, 0.3) is 0 Å². The summed E-state index contributed by atoms with van der Waals surface area (Å²) in [7, 11) is 0. The van der Waals surface area contributed by atoms with Gasteiger partial charge in [0.1, 0.15) is 5.78 Å². The molecule has 0 radical (unpaired) electrons. The van der Waals surface area contributed by atoms with Gasteiger partial charge >= 0.3 is 6.09 Å². The van der Waals surface area contributed by atoms with Gasteiger partial charge in [-0.05, 0) is 12.5 Å². The quantitative estimate of drug-likeness (QED) is 0.744. The molecule has 2 atom stereocenters. The second-order valence-corrected chi connectivity index (χ2v) is 5.19. The van der Waals surface area contributed by atoms with Crippen LogP contribution in [0, 0.1) is 18.8 Å². The number of amides is 1. The van der Waals surface area contributed by atoms with E-state index in [0.717, 1.165) is 5.56 Å². The van der Waals surface area contributed by atoms with E-state index < -0.39 is 24.7 Å². The lowest BCUT2D eigenvalue weighted by Gasteiger charge is -2.26. The van der Waals surface area contributed by atoms with Crippen molar-refractivity contribution in [2.45, 2.75) is 26.8 Å². The minimum absolute atomic E-state index is 0.159. The van der Waals surface area contributed by atoms with Crippen molar-refractivity contribution in [1.29, 1.82) is 0 Å². The number of carboxylic acid groups (broad SMARTS) is 1. The summed E-state index contributed by atoms with van der Waals surface area (Å²) in [6.07, 6.45) is -1.22. The number of carbonyl (C=O) groups is 2. The second-order valence-electron chi connectivity index (χ2n) is 5.19. The highest BCUT2D eigenvalue weighted by Crippen LogP contribution is 2.26. The van der Waals surface area contributed by atoms with Gasteiger partial charge in [-0.2, -0.15) is 0 Å². The van der Waals surface area contributed by atoms with Gasteiger partial charge in [0.2, 0.25) is 0 Å². The van der Waals surface area contributed by atoms with Crippen LogP contribution in [-0.4, -0.2) is 28.7 Å². The zero-order valence-corrected chi connectivity index (χ0v) is 12.0. The molecule has 0 aliphatic heterocycles. The van der Waals surface area contributed by atoms with Gasteiger partial charge in [-0.25, -0.2) is 4.79 Å². The molecule has 0 saturated carbocycles. The summed E-state index contributed by atoms with van der Waals surface area (Å²) < 4.78 is 0. The van der Waals surface area contributed by atoms with E-state index in [0.29, 0.717) is 5.56 Å². The first-order valence-corrected chi connectivity index (χ1v) is 6.57. The molecule has 1 rings (SSSR count). The average molecular weight is 279 g/mol. The standard InChI is InChI=1S/C15H21NO4/c1-9(2)14(18)12(8-17)13(16-15(19)20)11-6-4-5-10(3)7-11/h4-7,9,12-13,16-17H,8H2,1-3H3,(H,19,20). The summed E-state index contributed by atoms with van der Waals surface area (Å²) in [6.45, 7) is 4.97. The lowest BCUT2D eigenvalue weighted by Crippen LogP contribution is -2.39. The summed E-state index contributed by atoms with van der Waals surface area (Å²) in [5.74, 6) is -1.21. The number of aryl methyl sites for hydroxylation is 1. The van der Waals surface area contributed by atoms with Crippen molar-refractivity contribution in [3.8, 4) is 0 Å². The molecule has 0 aliphatic rings. The summed E-state index contributed by atoms with van der Waals surface area (Å²) in [5, 5.41) is 20.8. The predicted octanol–water partition coefficient (Wildman–Crippen LogP) is 2.14. The van der Waals surface area contributed by atoms with Crippen LogP contribution in [0.4, 0.5) is 4.79 Å². The monoisotopic (exact) mass is 279 g/mol. The summed E-state index contributed by atoms with van der Waals surface area (Å²) in [5.41, 5.74) is 1.65. The third kappa shape index (κ3) is 4.06. The molecule has 1 amide bonds. The SMILES string of the molecule is Cc1cccc(C(NC(=O)O)C(CO)C(=O)C(C)C)c1. The third-order valence-electron chi connectivity index (χ3n) is 3.21. The van der Waals surface area contributed by atoms with Gasteiger partial charge in [-0.1, -0.05) is 43.7 Å². The molecule has 2 unspecified atom stereocenters. The van der Waals surface area contributed by atoms with Crippen LogP contribution in [0.1, 0.15) is 31.0 Å². The lowest BCUT2D eigenvalue weighted by molar-refractivity contribution is -0.128. The molecule has 0 spiro atoms. The first-order valence-electron chi connectivity index (χ1n) is 6.57. The van der Waals surface area contributed by atoms with Crippen LogP contribution in [0.3, 0.4) is 0 Å². The number of hydrogen-bond donors (Lipinski definition) is 3. The Morgan fingerprint density at radius 3 is 2.40 bits per heavy atom. The van der Waals surface area contributed by atoms with Crippen LogP contribution in [0.15, 0.2) is 24.3 Å². The van der Waals surface area contributed by atoms with Crippen LogP contribution in [0.2, 0.25) is 0 Å². The van der Waals surface area contributed by atoms with E-state index in [4.69, 9.17) is 5.11 Å². The number of nitrogens with one attached hydrogen (secondary N) is 1. The molecule has 3 N–H and O–H groups in total. The predicted molar refractivity (Wildman–Crippen MR) is 75.5 cm³/mol. The van der Waals surface area contributed by atoms with Crippen molar-refractivity contribution >= 4 is 11.9 Å². The van der Waals surface area contributed by atoms with E-state index in [1.807, 2.05) is 19.1 Å². The highest BCUT2D eigenvalue weighted by Gasteiger charge is 2.31. The maximum Gasteiger partial charge on any atom is 0.405 e. The fourth-order valence-corrected chi connectivity index (χ4v) is 2.20. The Morgan fingerprint density at radius 2 is 1.95 bits per heavy atom. The van der Waals surface area contributed by atoms with E-state index in [-0.39, 0.29) is 11.7 Å². The Labute approximate surface area is 118 Å². The van der Waals surface area contributed by atoms with Crippen molar-refractivity contribution < 1.29 is 19.8 Å². The second kappa shape index (κ2) is 7.05. The minimum Gasteiger partial charge on any atom is -0.465 e. The van der Waals surface area contributed by atoms with Gasteiger partial charge < -0.3 is 15.5 Å². The molecular weight excluding hydrogens is 258 g/mol. The molecular formula is C15H21NO4. The molecule has 1 aromatic rings.